The van der Waals surface area contributed by atoms with Gasteiger partial charge in [-0.3, -0.25) is 19.2 Å². The van der Waals surface area contributed by atoms with Crippen molar-refractivity contribution in [3.8, 4) is 0 Å². The molecule has 0 amide bonds. The number of hydrogen-bond donors (Lipinski definition) is 0. The second kappa shape index (κ2) is 10.1. The zero-order valence-electron chi connectivity index (χ0n) is 15.4. The van der Waals surface area contributed by atoms with Gasteiger partial charge in [-0.25, -0.2) is 0 Å². The summed E-state index contributed by atoms with van der Waals surface area (Å²) in [6, 6.07) is 0. The highest BCUT2D eigenvalue weighted by Crippen LogP contribution is 2.29. The van der Waals surface area contributed by atoms with E-state index in [9.17, 15) is 19.2 Å². The van der Waals surface area contributed by atoms with Crippen LogP contribution in [-0.4, -0.2) is 67.8 Å². The maximum Gasteiger partial charge on any atom is 0.303 e. The van der Waals surface area contributed by atoms with Crippen LogP contribution in [0.3, 0.4) is 0 Å². The second-order valence-electron chi connectivity index (χ2n) is 5.52. The molecule has 0 spiro atoms. The summed E-state index contributed by atoms with van der Waals surface area (Å²) in [5.74, 6) is -2.61. The fraction of sp³-hybridized carbons (Fsp3) is 0.750. The molecule has 1 heterocycles. The van der Waals surface area contributed by atoms with E-state index in [0.29, 0.717) is 0 Å². The van der Waals surface area contributed by atoms with Gasteiger partial charge in [-0.2, -0.15) is 0 Å². The standard InChI is InChI=1S/C16H24O10/c1-6-21-16-15(25-11(5)20)14(24-10(4)19)13(23-9(3)18)12(26-16)7-22-8(2)17/h12-16H,6-7H2,1-5H3/t12-,13+,14-,15-,16-/m0/s1. The Bertz CT molecular complexity index is 531. The van der Waals surface area contributed by atoms with Crippen molar-refractivity contribution in [1.29, 1.82) is 0 Å². The van der Waals surface area contributed by atoms with Gasteiger partial charge < -0.3 is 28.4 Å². The molecule has 0 radical (unpaired) electrons. The third-order valence-electron chi connectivity index (χ3n) is 3.28. The maximum atomic E-state index is 11.5. The molecular formula is C16H24O10. The average molecular weight is 376 g/mol. The predicted molar refractivity (Wildman–Crippen MR) is 83.6 cm³/mol. The van der Waals surface area contributed by atoms with Gasteiger partial charge in [-0.1, -0.05) is 0 Å². The van der Waals surface area contributed by atoms with Crippen LogP contribution in [0.25, 0.3) is 0 Å². The Morgan fingerprint density at radius 1 is 0.769 bits per heavy atom. The molecule has 1 saturated heterocycles. The number of rotatable bonds is 7. The van der Waals surface area contributed by atoms with Crippen LogP contribution in [0.4, 0.5) is 0 Å². The highest BCUT2D eigenvalue weighted by molar-refractivity contribution is 5.68. The number of hydrogen-bond acceptors (Lipinski definition) is 10. The molecule has 0 aromatic carbocycles. The van der Waals surface area contributed by atoms with Crippen molar-refractivity contribution in [2.75, 3.05) is 13.2 Å². The summed E-state index contributed by atoms with van der Waals surface area (Å²) >= 11 is 0. The van der Waals surface area contributed by atoms with Gasteiger partial charge >= 0.3 is 23.9 Å². The van der Waals surface area contributed by atoms with E-state index in [4.69, 9.17) is 28.4 Å². The molecule has 1 fully saturated rings. The molecule has 0 aromatic rings. The molecule has 1 aliphatic heterocycles. The summed E-state index contributed by atoms with van der Waals surface area (Å²) < 4.78 is 31.7. The van der Waals surface area contributed by atoms with Crippen molar-refractivity contribution in [3.63, 3.8) is 0 Å². The van der Waals surface area contributed by atoms with E-state index in [1.807, 2.05) is 0 Å². The topological polar surface area (TPSA) is 124 Å². The highest BCUT2D eigenvalue weighted by Gasteiger charge is 2.52. The molecule has 0 unspecified atom stereocenters. The molecule has 5 atom stereocenters. The van der Waals surface area contributed by atoms with E-state index >= 15 is 0 Å². The lowest BCUT2D eigenvalue weighted by Gasteiger charge is -2.43. The molecule has 26 heavy (non-hydrogen) atoms. The van der Waals surface area contributed by atoms with E-state index in [2.05, 4.69) is 0 Å². The number of carbonyl (C=O) groups is 4. The first-order chi connectivity index (χ1) is 12.1. The van der Waals surface area contributed by atoms with Gasteiger partial charge in [0.1, 0.15) is 12.7 Å². The van der Waals surface area contributed by atoms with Gasteiger partial charge in [0.15, 0.2) is 24.6 Å². The van der Waals surface area contributed by atoms with E-state index in [-0.39, 0.29) is 13.2 Å². The molecule has 1 aliphatic rings. The van der Waals surface area contributed by atoms with E-state index in [0.717, 1.165) is 13.8 Å². The lowest BCUT2D eigenvalue weighted by molar-refractivity contribution is -0.307. The number of carbonyl (C=O) groups excluding carboxylic acids is 4. The molecule has 0 aliphatic carbocycles. The Morgan fingerprint density at radius 3 is 1.73 bits per heavy atom. The summed E-state index contributed by atoms with van der Waals surface area (Å²) in [4.78, 5) is 45.6. The average Bonchev–Trinajstić information content (AvgIpc) is 2.50. The lowest BCUT2D eigenvalue weighted by atomic mass is 9.98. The molecule has 148 valence electrons. The Balaban J connectivity index is 3.22. The van der Waals surface area contributed by atoms with Crippen LogP contribution in [0.2, 0.25) is 0 Å². The first-order valence-corrected chi connectivity index (χ1v) is 8.07. The van der Waals surface area contributed by atoms with Crippen LogP contribution < -0.4 is 0 Å². The molecule has 0 saturated carbocycles. The van der Waals surface area contributed by atoms with Crippen LogP contribution in [-0.2, 0) is 47.6 Å². The Kier molecular flexibility index (Phi) is 8.46. The molecule has 0 N–H and O–H groups in total. The zero-order chi connectivity index (χ0) is 19.9. The summed E-state index contributed by atoms with van der Waals surface area (Å²) in [5, 5.41) is 0. The van der Waals surface area contributed by atoms with Crippen molar-refractivity contribution in [2.24, 2.45) is 0 Å². The van der Waals surface area contributed by atoms with E-state index in [1.54, 1.807) is 6.92 Å². The summed E-state index contributed by atoms with van der Waals surface area (Å²) in [6.07, 6.45) is -5.65. The van der Waals surface area contributed by atoms with Gasteiger partial charge in [0, 0.05) is 34.3 Å². The quantitative estimate of drug-likeness (QED) is 0.446. The predicted octanol–water partition coefficient (Wildman–Crippen LogP) is 0.106. The molecule has 0 bridgehead atoms. The third-order valence-corrected chi connectivity index (χ3v) is 3.28. The van der Waals surface area contributed by atoms with Crippen molar-refractivity contribution in [1.82, 2.24) is 0 Å². The Hall–Kier alpha value is -2.20. The second-order valence-corrected chi connectivity index (χ2v) is 5.52. The summed E-state index contributed by atoms with van der Waals surface area (Å²) in [7, 11) is 0. The minimum atomic E-state index is -1.20. The van der Waals surface area contributed by atoms with Gasteiger partial charge in [-0.15, -0.1) is 0 Å². The van der Waals surface area contributed by atoms with Crippen LogP contribution >= 0.6 is 0 Å². The normalized spacial score (nSPS) is 28.0. The number of ether oxygens (including phenoxy) is 6. The monoisotopic (exact) mass is 376 g/mol. The van der Waals surface area contributed by atoms with E-state index < -0.39 is 54.6 Å². The van der Waals surface area contributed by atoms with Crippen molar-refractivity contribution in [2.45, 2.75) is 65.3 Å². The molecular weight excluding hydrogens is 352 g/mol. The van der Waals surface area contributed by atoms with Crippen LogP contribution in [0, 0.1) is 0 Å². The van der Waals surface area contributed by atoms with Gasteiger partial charge in [0.25, 0.3) is 0 Å². The Labute approximate surface area is 151 Å². The van der Waals surface area contributed by atoms with Crippen molar-refractivity contribution in [3.05, 3.63) is 0 Å². The first-order valence-electron chi connectivity index (χ1n) is 8.07. The van der Waals surface area contributed by atoms with Crippen molar-refractivity contribution < 1.29 is 47.6 Å². The third kappa shape index (κ3) is 6.60. The number of esters is 4. The Morgan fingerprint density at radius 2 is 1.27 bits per heavy atom. The van der Waals surface area contributed by atoms with Gasteiger partial charge in [0.2, 0.25) is 0 Å². The fourth-order valence-corrected chi connectivity index (χ4v) is 2.49. The van der Waals surface area contributed by atoms with Crippen LogP contribution in [0.1, 0.15) is 34.6 Å². The summed E-state index contributed by atoms with van der Waals surface area (Å²) in [5.41, 5.74) is 0. The lowest BCUT2D eigenvalue weighted by Crippen LogP contribution is -2.62. The van der Waals surface area contributed by atoms with Crippen LogP contribution in [0.5, 0.6) is 0 Å². The minimum absolute atomic E-state index is 0.202. The molecule has 1 rings (SSSR count). The maximum absolute atomic E-state index is 11.5. The van der Waals surface area contributed by atoms with Crippen LogP contribution in [0.15, 0.2) is 0 Å². The van der Waals surface area contributed by atoms with Gasteiger partial charge in [-0.05, 0) is 6.92 Å². The zero-order valence-corrected chi connectivity index (χ0v) is 15.4. The summed E-state index contributed by atoms with van der Waals surface area (Å²) in [6.45, 7) is 6.29. The first kappa shape index (κ1) is 21.8. The van der Waals surface area contributed by atoms with Crippen molar-refractivity contribution >= 4 is 23.9 Å². The smallest absolute Gasteiger partial charge is 0.303 e. The molecule has 0 aromatic heterocycles. The fourth-order valence-electron chi connectivity index (χ4n) is 2.49. The molecule has 10 nitrogen and oxygen atoms in total. The molecule has 10 heteroatoms. The minimum Gasteiger partial charge on any atom is -0.463 e. The van der Waals surface area contributed by atoms with E-state index in [1.165, 1.54) is 13.8 Å². The highest BCUT2D eigenvalue weighted by atomic mass is 16.7. The van der Waals surface area contributed by atoms with Gasteiger partial charge in [0.05, 0.1) is 0 Å². The largest absolute Gasteiger partial charge is 0.463 e. The SMILES string of the molecule is CCO[C@H]1O[C@@H](COC(C)=O)[C@@H](OC(C)=O)[C@H](OC(C)=O)[C@@H]1OC(C)=O.